The molecule has 11 heteroatoms. The van der Waals surface area contributed by atoms with Crippen LogP contribution in [0, 0.1) is 11.6 Å². The molecule has 1 fully saturated rings. The Hall–Kier alpha value is -3.76. The van der Waals surface area contributed by atoms with E-state index in [2.05, 4.69) is 19.8 Å². The van der Waals surface area contributed by atoms with Gasteiger partial charge in [0.1, 0.15) is 11.9 Å². The summed E-state index contributed by atoms with van der Waals surface area (Å²) in [5, 5.41) is 0.661. The van der Waals surface area contributed by atoms with Crippen LogP contribution in [0.3, 0.4) is 0 Å². The van der Waals surface area contributed by atoms with Gasteiger partial charge >= 0.3 is 0 Å². The lowest BCUT2D eigenvalue weighted by molar-refractivity contribution is 0.0728. The Labute approximate surface area is 228 Å². The Morgan fingerprint density at radius 2 is 2.05 bits per heavy atom. The minimum Gasteiger partial charge on any atom is -0.482 e. The van der Waals surface area contributed by atoms with Crippen molar-refractivity contribution in [1.29, 1.82) is 0 Å². The maximum atomic E-state index is 14.9. The standard InChI is InChI=1S/C28H27ClF2N6O2/c29-22-12-33-7-5-17(22)13-37(19-2-1-8-35(14-19)18-3-4-25(32)34-11-18)16-20-15-36-9-6-24(38)21-10-23(30)26(31)28(39-20)27(21)36/h3-7,9-12,19-20H,1-2,8,13-16H2,(H2,32,34). The van der Waals surface area contributed by atoms with Crippen molar-refractivity contribution < 1.29 is 13.5 Å². The molecular weight excluding hydrogens is 526 g/mol. The van der Waals surface area contributed by atoms with Crippen LogP contribution in [0.5, 0.6) is 5.75 Å². The van der Waals surface area contributed by atoms with Gasteiger partial charge in [-0.15, -0.1) is 0 Å². The van der Waals surface area contributed by atoms with Crippen molar-refractivity contribution in [2.75, 3.05) is 30.3 Å². The lowest BCUT2D eigenvalue weighted by Crippen LogP contribution is -2.51. The van der Waals surface area contributed by atoms with Crippen LogP contribution in [0.15, 0.2) is 59.9 Å². The van der Waals surface area contributed by atoms with Gasteiger partial charge in [0, 0.05) is 56.9 Å². The topological polar surface area (TPSA) is 89.5 Å². The van der Waals surface area contributed by atoms with Crippen LogP contribution in [0.1, 0.15) is 18.4 Å². The van der Waals surface area contributed by atoms with Gasteiger partial charge < -0.3 is 19.9 Å². The number of piperidine rings is 1. The van der Waals surface area contributed by atoms with Gasteiger partial charge in [-0.25, -0.2) is 9.37 Å². The Balaban J connectivity index is 1.30. The number of hydrogen-bond donors (Lipinski definition) is 1. The average molecular weight is 553 g/mol. The largest absolute Gasteiger partial charge is 0.482 e. The second-order valence-electron chi connectivity index (χ2n) is 10.0. The van der Waals surface area contributed by atoms with E-state index in [0.717, 1.165) is 43.2 Å². The Bertz CT molecular complexity index is 1580. The van der Waals surface area contributed by atoms with Crippen LogP contribution in [0.2, 0.25) is 5.02 Å². The van der Waals surface area contributed by atoms with E-state index >= 15 is 0 Å². The van der Waals surface area contributed by atoms with E-state index in [9.17, 15) is 13.6 Å². The molecule has 2 aliphatic heterocycles. The first kappa shape index (κ1) is 25.5. The number of rotatable bonds is 6. The summed E-state index contributed by atoms with van der Waals surface area (Å²) < 4.78 is 37.2. The van der Waals surface area contributed by atoms with E-state index in [-0.39, 0.29) is 28.1 Å². The zero-order valence-electron chi connectivity index (χ0n) is 21.1. The fourth-order valence-electron chi connectivity index (χ4n) is 5.59. The number of aromatic nitrogens is 3. The van der Waals surface area contributed by atoms with Crippen molar-refractivity contribution in [2.45, 2.75) is 38.1 Å². The zero-order valence-corrected chi connectivity index (χ0v) is 21.8. The lowest BCUT2D eigenvalue weighted by atomic mass is 10.0. The van der Waals surface area contributed by atoms with Crippen LogP contribution < -0.4 is 20.8 Å². The zero-order chi connectivity index (χ0) is 27.1. The average Bonchev–Trinajstić information content (AvgIpc) is 2.94. The van der Waals surface area contributed by atoms with E-state index in [0.29, 0.717) is 30.5 Å². The molecule has 3 aromatic heterocycles. The molecule has 1 saturated heterocycles. The molecule has 4 aromatic rings. The summed E-state index contributed by atoms with van der Waals surface area (Å²) in [5.41, 5.74) is 7.59. The van der Waals surface area contributed by atoms with E-state index in [1.807, 2.05) is 12.1 Å². The van der Waals surface area contributed by atoms with Gasteiger partial charge in [-0.05, 0) is 42.7 Å². The molecule has 39 heavy (non-hydrogen) atoms. The second kappa shape index (κ2) is 10.4. The second-order valence-corrected chi connectivity index (χ2v) is 10.5. The number of nitrogens with zero attached hydrogens (tertiary/aromatic N) is 5. The number of nitrogen functional groups attached to an aromatic ring is 1. The van der Waals surface area contributed by atoms with E-state index < -0.39 is 17.7 Å². The molecule has 0 bridgehead atoms. The minimum atomic E-state index is -1.10. The van der Waals surface area contributed by atoms with E-state index in [1.165, 1.54) is 6.07 Å². The first-order valence-corrected chi connectivity index (χ1v) is 13.2. The first-order chi connectivity index (χ1) is 18.9. The van der Waals surface area contributed by atoms with Crippen LogP contribution in [-0.2, 0) is 13.1 Å². The number of pyridine rings is 3. The third kappa shape index (κ3) is 5.02. The summed E-state index contributed by atoms with van der Waals surface area (Å²) in [6, 6.07) is 8.08. The fraction of sp³-hybridized carbons (Fsp3) is 0.321. The molecule has 2 atom stereocenters. The number of hydrogen-bond acceptors (Lipinski definition) is 7. The third-order valence-corrected chi connectivity index (χ3v) is 7.85. The summed E-state index contributed by atoms with van der Waals surface area (Å²) in [5.74, 6) is -1.95. The smallest absolute Gasteiger partial charge is 0.202 e. The molecule has 1 aromatic carbocycles. The number of anilines is 2. The Morgan fingerprint density at radius 3 is 2.85 bits per heavy atom. The number of halogens is 3. The molecule has 8 nitrogen and oxygen atoms in total. The molecule has 0 saturated carbocycles. The van der Waals surface area contributed by atoms with Crippen molar-refractivity contribution in [3.63, 3.8) is 0 Å². The molecular formula is C28H27ClF2N6O2. The van der Waals surface area contributed by atoms with Crippen molar-refractivity contribution in [3.8, 4) is 5.75 Å². The summed E-state index contributed by atoms with van der Waals surface area (Å²) in [6.07, 6.45) is 8.12. The van der Waals surface area contributed by atoms with E-state index in [4.69, 9.17) is 22.1 Å². The number of ether oxygens (including phenoxy) is 1. The van der Waals surface area contributed by atoms with Crippen LogP contribution in [0.25, 0.3) is 10.9 Å². The predicted octanol–water partition coefficient (Wildman–Crippen LogP) is 4.24. The van der Waals surface area contributed by atoms with Crippen molar-refractivity contribution in [2.24, 2.45) is 0 Å². The Morgan fingerprint density at radius 1 is 1.18 bits per heavy atom. The fourth-order valence-corrected chi connectivity index (χ4v) is 5.77. The van der Waals surface area contributed by atoms with Crippen LogP contribution >= 0.6 is 11.6 Å². The van der Waals surface area contributed by atoms with Crippen LogP contribution in [-0.4, -0.2) is 51.2 Å². The summed E-state index contributed by atoms with van der Waals surface area (Å²) in [6.45, 7) is 2.97. The molecule has 2 unspecified atom stereocenters. The molecule has 0 aliphatic carbocycles. The Kier molecular flexibility index (Phi) is 6.82. The highest BCUT2D eigenvalue weighted by atomic mass is 35.5. The number of benzene rings is 1. The maximum absolute atomic E-state index is 14.9. The quantitative estimate of drug-likeness (QED) is 0.383. The lowest BCUT2D eigenvalue weighted by Gasteiger charge is -2.42. The predicted molar refractivity (Wildman–Crippen MR) is 146 cm³/mol. The summed E-state index contributed by atoms with van der Waals surface area (Å²) >= 11 is 6.49. The van der Waals surface area contributed by atoms with E-state index in [1.54, 1.807) is 35.4 Å². The van der Waals surface area contributed by atoms with Gasteiger partial charge in [-0.3, -0.25) is 14.7 Å². The maximum Gasteiger partial charge on any atom is 0.202 e. The molecule has 0 radical (unpaired) electrons. The monoisotopic (exact) mass is 552 g/mol. The summed E-state index contributed by atoms with van der Waals surface area (Å²) in [7, 11) is 0. The van der Waals surface area contributed by atoms with Crippen LogP contribution in [0.4, 0.5) is 20.3 Å². The molecule has 0 amide bonds. The molecule has 2 N–H and O–H groups in total. The van der Waals surface area contributed by atoms with Crippen molar-refractivity contribution in [1.82, 2.24) is 19.4 Å². The molecule has 0 spiro atoms. The first-order valence-electron chi connectivity index (χ1n) is 12.8. The highest BCUT2D eigenvalue weighted by Gasteiger charge is 2.32. The van der Waals surface area contributed by atoms with Gasteiger partial charge in [0.2, 0.25) is 5.82 Å². The van der Waals surface area contributed by atoms with Crippen molar-refractivity contribution in [3.05, 3.63) is 87.6 Å². The number of nitrogens with two attached hydrogens (primary N) is 1. The van der Waals surface area contributed by atoms with Gasteiger partial charge in [-0.1, -0.05) is 11.6 Å². The molecule has 2 aliphatic rings. The highest BCUT2D eigenvalue weighted by Crippen LogP contribution is 2.34. The van der Waals surface area contributed by atoms with Gasteiger partial charge in [0.25, 0.3) is 0 Å². The van der Waals surface area contributed by atoms with Gasteiger partial charge in [-0.2, -0.15) is 4.39 Å². The highest BCUT2D eigenvalue weighted by molar-refractivity contribution is 6.31. The minimum absolute atomic E-state index is 0.102. The van der Waals surface area contributed by atoms with Gasteiger partial charge in [0.15, 0.2) is 17.0 Å². The molecule has 202 valence electrons. The SMILES string of the molecule is Nc1ccc(N2CCCC(N(Cc3ccncc3Cl)CC3Cn4ccc(=O)c5cc(F)c(F)c(c54)O3)C2)cn1. The van der Waals surface area contributed by atoms with Crippen molar-refractivity contribution >= 4 is 34.0 Å². The summed E-state index contributed by atoms with van der Waals surface area (Å²) in [4.78, 5) is 25.3. The molecule has 6 rings (SSSR count). The third-order valence-electron chi connectivity index (χ3n) is 7.51. The molecule has 5 heterocycles. The normalized spacial score (nSPS) is 18.9. The van der Waals surface area contributed by atoms with Gasteiger partial charge in [0.05, 0.1) is 34.4 Å².